The van der Waals surface area contributed by atoms with Gasteiger partial charge in [-0.25, -0.2) is 4.98 Å². The smallest absolute Gasteiger partial charge is 0.254 e. The topological polar surface area (TPSA) is 39.6 Å². The molecule has 0 saturated heterocycles. The fourth-order valence-corrected chi connectivity index (χ4v) is 3.82. The van der Waals surface area contributed by atoms with Gasteiger partial charge >= 0.3 is 0 Å². The molecule has 5 nitrogen and oxygen atoms in total. The maximum Gasteiger partial charge on any atom is 0.254 e. The van der Waals surface area contributed by atoms with Crippen LogP contribution in [-0.4, -0.2) is 32.3 Å². The predicted octanol–water partition coefficient (Wildman–Crippen LogP) is 2.21. The summed E-state index contributed by atoms with van der Waals surface area (Å²) in [5, 5.41) is 4.63. The monoisotopic (exact) mass is 352 g/mol. The van der Waals surface area contributed by atoms with Crippen LogP contribution in [0.15, 0.2) is 42.5 Å². The SMILES string of the molecule is Cc1cc(C)n2c(=S)n(C[NH+]3CC=C(c4ccccc4)CC3)nc2n1. The quantitative estimate of drug-likeness (QED) is 0.735. The van der Waals surface area contributed by atoms with Gasteiger partial charge in [-0.05, 0) is 49.3 Å². The number of aryl methyl sites for hydroxylation is 2. The molecular formula is C19H22N5S+. The van der Waals surface area contributed by atoms with Crippen molar-refractivity contribution in [1.29, 1.82) is 0 Å². The van der Waals surface area contributed by atoms with E-state index in [9.17, 15) is 0 Å². The summed E-state index contributed by atoms with van der Waals surface area (Å²) in [6.07, 6.45) is 3.43. The van der Waals surface area contributed by atoms with E-state index in [0.29, 0.717) is 5.78 Å². The summed E-state index contributed by atoms with van der Waals surface area (Å²) in [4.78, 5) is 5.97. The van der Waals surface area contributed by atoms with E-state index >= 15 is 0 Å². The minimum Gasteiger partial charge on any atom is -0.313 e. The van der Waals surface area contributed by atoms with Crippen molar-refractivity contribution in [3.05, 3.63) is 64.2 Å². The molecule has 128 valence electrons. The number of hydrogen-bond acceptors (Lipinski definition) is 3. The maximum atomic E-state index is 5.62. The second-order valence-corrected chi connectivity index (χ2v) is 7.03. The number of aromatic nitrogens is 4. The van der Waals surface area contributed by atoms with Crippen molar-refractivity contribution in [2.24, 2.45) is 0 Å². The minimum absolute atomic E-state index is 0.694. The first-order chi connectivity index (χ1) is 12.1. The van der Waals surface area contributed by atoms with Gasteiger partial charge in [-0.2, -0.15) is 4.68 Å². The van der Waals surface area contributed by atoms with E-state index in [0.717, 1.165) is 42.3 Å². The van der Waals surface area contributed by atoms with E-state index in [4.69, 9.17) is 12.2 Å². The van der Waals surface area contributed by atoms with Crippen LogP contribution in [0, 0.1) is 18.6 Å². The van der Waals surface area contributed by atoms with Crippen LogP contribution in [0.3, 0.4) is 0 Å². The van der Waals surface area contributed by atoms with E-state index in [2.05, 4.69) is 46.5 Å². The highest BCUT2D eigenvalue weighted by molar-refractivity contribution is 7.71. The van der Waals surface area contributed by atoms with E-state index in [-0.39, 0.29) is 0 Å². The average Bonchev–Trinajstić information content (AvgIpc) is 2.92. The summed E-state index contributed by atoms with van der Waals surface area (Å²) in [6.45, 7) is 6.89. The molecule has 0 fully saturated rings. The van der Waals surface area contributed by atoms with Gasteiger partial charge < -0.3 is 4.90 Å². The Morgan fingerprint density at radius 3 is 2.72 bits per heavy atom. The fraction of sp³-hybridized carbons (Fsp3) is 0.316. The van der Waals surface area contributed by atoms with E-state index in [1.807, 2.05) is 29.0 Å². The van der Waals surface area contributed by atoms with Crippen LogP contribution in [0.5, 0.6) is 0 Å². The molecule has 1 atom stereocenters. The average molecular weight is 352 g/mol. The molecule has 1 aliphatic rings. The molecule has 1 N–H and O–H groups in total. The standard InChI is InChI=1S/C19H21N5S/c1-14-12-15(2)24-18(20-14)21-23(19(24)25)13-22-10-8-17(9-11-22)16-6-4-3-5-7-16/h3-8,12H,9-11,13H2,1-2H3/p+1. The second-order valence-electron chi connectivity index (χ2n) is 6.66. The number of hydrogen-bond donors (Lipinski definition) is 1. The highest BCUT2D eigenvalue weighted by Crippen LogP contribution is 2.17. The molecule has 6 heteroatoms. The zero-order valence-electron chi connectivity index (χ0n) is 14.6. The van der Waals surface area contributed by atoms with Crippen LogP contribution in [0.1, 0.15) is 23.4 Å². The van der Waals surface area contributed by atoms with Crippen molar-refractivity contribution >= 4 is 23.6 Å². The lowest BCUT2D eigenvalue weighted by atomic mass is 10.00. The maximum absolute atomic E-state index is 5.62. The molecule has 1 aromatic carbocycles. The molecule has 1 aliphatic heterocycles. The summed E-state index contributed by atoms with van der Waals surface area (Å²) in [7, 11) is 0. The Morgan fingerprint density at radius 2 is 2.00 bits per heavy atom. The fourth-order valence-electron chi connectivity index (χ4n) is 3.49. The molecule has 0 amide bonds. The Hall–Kier alpha value is -2.31. The minimum atomic E-state index is 0.694. The molecule has 1 unspecified atom stereocenters. The van der Waals surface area contributed by atoms with Gasteiger partial charge in [-0.3, -0.25) is 4.40 Å². The van der Waals surface area contributed by atoms with Gasteiger partial charge in [0.2, 0.25) is 4.77 Å². The number of nitrogens with zero attached hydrogens (tertiary/aromatic N) is 4. The molecule has 4 rings (SSSR count). The highest BCUT2D eigenvalue weighted by Gasteiger charge is 2.18. The molecule has 3 heterocycles. The summed E-state index contributed by atoms with van der Waals surface area (Å²) in [5.41, 5.74) is 4.83. The van der Waals surface area contributed by atoms with Gasteiger partial charge in [-0.15, -0.1) is 5.10 Å². The van der Waals surface area contributed by atoms with Crippen LogP contribution >= 0.6 is 12.2 Å². The van der Waals surface area contributed by atoms with Crippen LogP contribution in [-0.2, 0) is 6.67 Å². The van der Waals surface area contributed by atoms with Crippen LogP contribution < -0.4 is 4.90 Å². The molecule has 0 saturated carbocycles. The molecule has 25 heavy (non-hydrogen) atoms. The Bertz CT molecular complexity index is 1000. The molecule has 0 radical (unpaired) electrons. The third-order valence-corrected chi connectivity index (χ3v) is 5.17. The predicted molar refractivity (Wildman–Crippen MR) is 101 cm³/mol. The molecule has 0 aliphatic carbocycles. The normalized spacial score (nSPS) is 17.7. The number of rotatable bonds is 3. The van der Waals surface area contributed by atoms with Crippen molar-refractivity contribution in [2.75, 3.05) is 13.1 Å². The first-order valence-electron chi connectivity index (χ1n) is 8.63. The van der Waals surface area contributed by atoms with Crippen molar-refractivity contribution in [3.63, 3.8) is 0 Å². The number of benzene rings is 1. The van der Waals surface area contributed by atoms with Crippen LogP contribution in [0.25, 0.3) is 11.4 Å². The van der Waals surface area contributed by atoms with Crippen molar-refractivity contribution in [2.45, 2.75) is 26.9 Å². The molecule has 0 bridgehead atoms. The highest BCUT2D eigenvalue weighted by atomic mass is 32.1. The molecule has 3 aromatic rings. The number of nitrogens with one attached hydrogen (secondary N) is 1. The second kappa shape index (κ2) is 6.54. The van der Waals surface area contributed by atoms with Gasteiger partial charge in [0, 0.05) is 17.8 Å². The largest absolute Gasteiger partial charge is 0.313 e. The van der Waals surface area contributed by atoms with Crippen molar-refractivity contribution in [3.8, 4) is 0 Å². The first-order valence-corrected chi connectivity index (χ1v) is 9.04. The lowest BCUT2D eigenvalue weighted by molar-refractivity contribution is -0.918. The molecular weight excluding hydrogens is 330 g/mol. The Labute approximate surface area is 152 Å². The van der Waals surface area contributed by atoms with Crippen molar-refractivity contribution in [1.82, 2.24) is 19.2 Å². The third kappa shape index (κ3) is 3.15. The summed E-state index contributed by atoms with van der Waals surface area (Å²) < 4.78 is 4.60. The zero-order valence-corrected chi connectivity index (χ0v) is 15.4. The molecule has 0 spiro atoms. The third-order valence-electron chi connectivity index (χ3n) is 4.77. The van der Waals surface area contributed by atoms with E-state index in [1.54, 1.807) is 0 Å². The number of fused-ring (bicyclic) bond motifs is 1. The Kier molecular flexibility index (Phi) is 4.23. The van der Waals surface area contributed by atoms with Crippen LogP contribution in [0.2, 0.25) is 0 Å². The van der Waals surface area contributed by atoms with Gasteiger partial charge in [0.25, 0.3) is 5.78 Å². The molecule has 2 aromatic heterocycles. The van der Waals surface area contributed by atoms with Gasteiger partial charge in [-0.1, -0.05) is 30.3 Å². The van der Waals surface area contributed by atoms with E-state index in [1.165, 1.54) is 16.0 Å². The lowest BCUT2D eigenvalue weighted by Crippen LogP contribution is -3.11. The van der Waals surface area contributed by atoms with Gasteiger partial charge in [0.05, 0.1) is 13.1 Å². The Morgan fingerprint density at radius 1 is 1.20 bits per heavy atom. The van der Waals surface area contributed by atoms with Crippen molar-refractivity contribution < 1.29 is 4.90 Å². The lowest BCUT2D eigenvalue weighted by Gasteiger charge is -2.23. The summed E-state index contributed by atoms with van der Waals surface area (Å²) in [6, 6.07) is 12.7. The van der Waals surface area contributed by atoms with Crippen LogP contribution in [0.4, 0.5) is 0 Å². The van der Waals surface area contributed by atoms with Gasteiger partial charge in [0.1, 0.15) is 0 Å². The summed E-state index contributed by atoms with van der Waals surface area (Å²) in [5.74, 6) is 0.694. The Balaban J connectivity index is 1.55. The first kappa shape index (κ1) is 16.2. The summed E-state index contributed by atoms with van der Waals surface area (Å²) >= 11 is 5.62. The zero-order chi connectivity index (χ0) is 17.4. The van der Waals surface area contributed by atoms with Gasteiger partial charge in [0.15, 0.2) is 6.67 Å². The number of quaternary nitrogens is 1. The van der Waals surface area contributed by atoms with E-state index < -0.39 is 0 Å².